The molecule has 442 valence electrons. The highest BCUT2D eigenvalue weighted by Gasteiger charge is 2.71. The van der Waals surface area contributed by atoms with E-state index in [0.717, 1.165) is 19.3 Å². The Balaban J connectivity index is 0.975. The summed E-state index contributed by atoms with van der Waals surface area (Å²) in [6.07, 6.45) is -24.8. The Kier molecular flexibility index (Phi) is 17.0. The number of ether oxygens (including phenoxy) is 9. The molecule has 29 atom stereocenters. The van der Waals surface area contributed by atoms with E-state index in [4.69, 9.17) is 42.6 Å². The minimum absolute atomic E-state index is 0.0720. The molecule has 0 aromatic heterocycles. The summed E-state index contributed by atoms with van der Waals surface area (Å²) in [4.78, 5) is 13.3. The number of aliphatic hydroxyl groups is 13. The summed E-state index contributed by atoms with van der Waals surface area (Å²) in [5, 5.41) is 142. The van der Waals surface area contributed by atoms with Gasteiger partial charge in [0.25, 0.3) is 0 Å². The fraction of sp³-hybridized carbons (Fsp3) is 0.944. The summed E-state index contributed by atoms with van der Waals surface area (Å²) in [5.74, 6) is -0.274. The normalized spacial score (nSPS) is 54.7. The fourth-order valence-electron chi connectivity index (χ4n) is 16.6. The Morgan fingerprint density at radius 3 is 1.84 bits per heavy atom. The van der Waals surface area contributed by atoms with Crippen LogP contribution in [0, 0.1) is 50.2 Å². The molecule has 77 heavy (non-hydrogen) atoms. The summed E-state index contributed by atoms with van der Waals surface area (Å²) >= 11 is 0. The zero-order chi connectivity index (χ0) is 56.3. The first-order chi connectivity index (χ1) is 36.1. The van der Waals surface area contributed by atoms with E-state index in [2.05, 4.69) is 40.7 Å². The van der Waals surface area contributed by atoms with Gasteiger partial charge in [0, 0.05) is 5.41 Å². The van der Waals surface area contributed by atoms with Crippen LogP contribution in [-0.4, -0.2) is 235 Å². The number of rotatable bonds is 12. The van der Waals surface area contributed by atoms with Gasteiger partial charge in [0.2, 0.25) is 0 Å². The van der Waals surface area contributed by atoms with Gasteiger partial charge in [-0.3, -0.25) is 4.79 Å². The van der Waals surface area contributed by atoms with E-state index in [9.17, 15) is 71.2 Å². The Morgan fingerprint density at radius 2 is 1.22 bits per heavy atom. The molecule has 0 bridgehead atoms. The monoisotopic (exact) mass is 1100 g/mol. The van der Waals surface area contributed by atoms with Crippen LogP contribution >= 0.6 is 0 Å². The average Bonchev–Trinajstić information content (AvgIpc) is 3.55. The number of hydrogen-bond donors (Lipinski definition) is 13. The largest absolute Gasteiger partial charge is 0.469 e. The quantitative estimate of drug-likeness (QED) is 0.0584. The third kappa shape index (κ3) is 9.61. The van der Waals surface area contributed by atoms with Crippen LogP contribution in [0.4, 0.5) is 0 Å². The topological polar surface area (TPSA) is 363 Å². The minimum atomic E-state index is -1.90. The lowest BCUT2D eigenvalue weighted by atomic mass is 9.33. The molecule has 23 heteroatoms. The van der Waals surface area contributed by atoms with E-state index in [-0.39, 0.29) is 41.2 Å². The minimum Gasteiger partial charge on any atom is -0.469 e. The molecule has 8 fully saturated rings. The van der Waals surface area contributed by atoms with E-state index in [1.165, 1.54) is 19.6 Å². The van der Waals surface area contributed by atoms with Gasteiger partial charge in [0.15, 0.2) is 25.2 Å². The molecule has 0 amide bonds. The highest BCUT2D eigenvalue weighted by atomic mass is 16.8. The highest BCUT2D eigenvalue weighted by molar-refractivity contribution is 5.76. The molecule has 0 aromatic carbocycles. The number of fused-ring (bicyclic) bond motifs is 7. The lowest BCUT2D eigenvalue weighted by Crippen LogP contribution is -2.68. The first-order valence-corrected chi connectivity index (χ1v) is 27.7. The van der Waals surface area contributed by atoms with E-state index in [1.807, 2.05) is 6.92 Å². The van der Waals surface area contributed by atoms with E-state index in [1.54, 1.807) is 0 Å². The van der Waals surface area contributed by atoms with Crippen molar-refractivity contribution >= 4 is 5.97 Å². The van der Waals surface area contributed by atoms with E-state index >= 15 is 0 Å². The molecule has 4 aliphatic heterocycles. The number of esters is 1. The first-order valence-electron chi connectivity index (χ1n) is 27.7. The summed E-state index contributed by atoms with van der Waals surface area (Å²) in [5.41, 5.74) is -1.88. The van der Waals surface area contributed by atoms with E-state index in [0.29, 0.717) is 38.5 Å². The second-order valence-electron chi connectivity index (χ2n) is 25.9. The van der Waals surface area contributed by atoms with Crippen LogP contribution in [0.15, 0.2) is 11.6 Å². The fourth-order valence-corrected chi connectivity index (χ4v) is 16.6. The summed E-state index contributed by atoms with van der Waals surface area (Å²) in [7, 11) is 1.40. The van der Waals surface area contributed by atoms with Crippen LogP contribution < -0.4 is 0 Å². The maximum absolute atomic E-state index is 13.3. The molecule has 4 heterocycles. The van der Waals surface area contributed by atoms with Gasteiger partial charge in [-0.2, -0.15) is 0 Å². The molecule has 4 saturated carbocycles. The molecular formula is C54H88O23. The van der Waals surface area contributed by atoms with Gasteiger partial charge < -0.3 is 109 Å². The molecule has 0 radical (unpaired) electrons. The molecule has 0 unspecified atom stereocenters. The molecule has 9 aliphatic rings. The predicted octanol–water partition coefficient (Wildman–Crippen LogP) is -1.77. The van der Waals surface area contributed by atoms with Crippen molar-refractivity contribution in [2.75, 3.05) is 33.5 Å². The molecule has 9 rings (SSSR count). The summed E-state index contributed by atoms with van der Waals surface area (Å²) < 4.78 is 54.3. The van der Waals surface area contributed by atoms with Crippen molar-refractivity contribution in [2.45, 2.75) is 235 Å². The van der Waals surface area contributed by atoms with Crippen LogP contribution in [-0.2, 0) is 47.4 Å². The molecule has 0 spiro atoms. The maximum Gasteiger partial charge on any atom is 0.311 e. The second-order valence-corrected chi connectivity index (χ2v) is 25.9. The second kappa shape index (κ2) is 21.8. The van der Waals surface area contributed by atoms with Gasteiger partial charge in [-0.25, -0.2) is 0 Å². The number of carbonyl (C=O) groups is 1. The lowest BCUT2D eigenvalue weighted by Gasteiger charge is -2.72. The molecule has 23 nitrogen and oxygen atoms in total. The Hall–Kier alpha value is -1.63. The smallest absolute Gasteiger partial charge is 0.311 e. The zero-order valence-electron chi connectivity index (χ0n) is 45.5. The van der Waals surface area contributed by atoms with Gasteiger partial charge in [0.1, 0.15) is 85.5 Å². The Labute approximate surface area is 449 Å². The molecule has 4 saturated heterocycles. The van der Waals surface area contributed by atoms with Crippen molar-refractivity contribution in [1.29, 1.82) is 0 Å². The van der Waals surface area contributed by atoms with Crippen molar-refractivity contribution in [3.05, 3.63) is 11.6 Å². The van der Waals surface area contributed by atoms with Crippen LogP contribution in [0.1, 0.15) is 106 Å². The Morgan fingerprint density at radius 1 is 0.623 bits per heavy atom. The number of allylic oxidation sites excluding steroid dienone is 2. The standard InChI is InChI=1S/C54H88O23/c1-23-33(59)37(63)40(66)44(71-23)77-43-39(65)35(61)27(20-56)73-47(43)74-28-21-70-46(42(36(28)62)76-45-41(67)38(64)34(60)26(19-55)72-45)75-32-12-13-51(5)29(49(32,2)3)11-14-52(6)30(51)10-9-24-25-17-50(4,48(68)69-8)15-16-54(25,22-57)31(58)18-53(24,52)7/h9,23,25-47,55-67H,10-22H2,1-8H3/t23-,25-,26+,27+,28-,29-,30+,31+,32-,33-,34+,35+,36-,37+,38-,39-,40+,41+,42+,43+,44-,45-,46-,47-,50-,51-,52+,53+,54+/m0/s1. The lowest BCUT2D eigenvalue weighted by molar-refractivity contribution is -0.394. The maximum atomic E-state index is 13.3. The highest BCUT2D eigenvalue weighted by Crippen LogP contribution is 2.76. The van der Waals surface area contributed by atoms with Gasteiger partial charge >= 0.3 is 5.97 Å². The van der Waals surface area contributed by atoms with Crippen molar-refractivity contribution in [2.24, 2.45) is 50.2 Å². The predicted molar refractivity (Wildman–Crippen MR) is 263 cm³/mol. The molecule has 5 aliphatic carbocycles. The molecule has 0 aromatic rings. The number of methoxy groups -OCH3 is 1. The number of aliphatic hydroxyl groups excluding tert-OH is 13. The third-order valence-electron chi connectivity index (χ3n) is 21.6. The summed E-state index contributed by atoms with van der Waals surface area (Å²) in [6.45, 7) is 12.4. The summed E-state index contributed by atoms with van der Waals surface area (Å²) in [6, 6.07) is 0. The van der Waals surface area contributed by atoms with Crippen LogP contribution in [0.25, 0.3) is 0 Å². The van der Waals surface area contributed by atoms with Crippen molar-refractivity contribution in [3.8, 4) is 0 Å². The van der Waals surface area contributed by atoms with Crippen LogP contribution in [0.5, 0.6) is 0 Å². The van der Waals surface area contributed by atoms with Gasteiger partial charge in [0.05, 0.1) is 57.3 Å². The number of carbonyl (C=O) groups excluding carboxylic acids is 1. The Bertz CT molecular complexity index is 2120. The van der Waals surface area contributed by atoms with Crippen molar-refractivity contribution in [1.82, 2.24) is 0 Å². The third-order valence-corrected chi connectivity index (χ3v) is 21.6. The van der Waals surface area contributed by atoms with Crippen molar-refractivity contribution < 1.29 is 114 Å². The van der Waals surface area contributed by atoms with Crippen LogP contribution in [0.2, 0.25) is 0 Å². The van der Waals surface area contributed by atoms with Gasteiger partial charge in [-0.15, -0.1) is 0 Å². The first kappa shape index (κ1) is 60.0. The van der Waals surface area contributed by atoms with Gasteiger partial charge in [-0.1, -0.05) is 46.3 Å². The molecular weight excluding hydrogens is 1020 g/mol. The zero-order valence-corrected chi connectivity index (χ0v) is 45.5. The van der Waals surface area contributed by atoms with Gasteiger partial charge in [-0.05, 0) is 111 Å². The van der Waals surface area contributed by atoms with Crippen molar-refractivity contribution in [3.63, 3.8) is 0 Å². The number of hydrogen-bond acceptors (Lipinski definition) is 23. The SMILES string of the molecule is COC(=O)[C@@]1(C)CC[C@]2(CO)[C@H](O)C[C@]3(C)C(=CC[C@@H]4[C@@]5(C)CC[C@H](O[C@@H]6OC[C@H](O[C@@H]7O[C@H](CO)[C@@H](O)[C@H](O)[C@H]7O[C@@H]7O[C@@H](C)[C@H](O)[C@@H](O)[C@H]7O)[C@H](O)[C@H]6O[C@@H]6O[C@H](CO)[C@@H](O)[C@H](O)[C@H]6O)C(C)(C)[C@@H]5CC[C@]43C)[C@@H]2C1. The van der Waals surface area contributed by atoms with Crippen LogP contribution in [0.3, 0.4) is 0 Å². The average molecular weight is 1110 g/mol. The molecule has 13 N–H and O–H groups in total. The van der Waals surface area contributed by atoms with E-state index < -0.39 is 170 Å².